The first-order valence-electron chi connectivity index (χ1n) is 11.7. The molecule has 166 valence electrons. The van der Waals surface area contributed by atoms with Crippen LogP contribution >= 0.6 is 0 Å². The SMILES string of the molecule is CCCCCCCCC/C=C\CCCCCCCCOCC(CO)OC(C)=O. The Kier molecular flexibility index (Phi) is 21.7. The Labute approximate surface area is 174 Å². The van der Waals surface area contributed by atoms with Crippen LogP contribution in [-0.4, -0.2) is 37.0 Å². The van der Waals surface area contributed by atoms with Crippen molar-refractivity contribution in [3.05, 3.63) is 12.2 Å². The van der Waals surface area contributed by atoms with E-state index in [2.05, 4.69) is 19.1 Å². The number of aliphatic hydroxyl groups is 1. The summed E-state index contributed by atoms with van der Waals surface area (Å²) in [6.07, 6.45) is 23.7. The Balaban J connectivity index is 3.22. The molecule has 0 fully saturated rings. The van der Waals surface area contributed by atoms with Gasteiger partial charge in [-0.1, -0.05) is 83.3 Å². The number of ether oxygens (including phenoxy) is 2. The van der Waals surface area contributed by atoms with Crippen LogP contribution in [0.25, 0.3) is 0 Å². The van der Waals surface area contributed by atoms with Gasteiger partial charge in [0.05, 0.1) is 13.2 Å². The Hall–Kier alpha value is -0.870. The van der Waals surface area contributed by atoms with Crippen LogP contribution in [0.2, 0.25) is 0 Å². The molecule has 0 radical (unpaired) electrons. The van der Waals surface area contributed by atoms with E-state index in [1.807, 2.05) is 0 Å². The van der Waals surface area contributed by atoms with Crippen LogP contribution in [0.4, 0.5) is 0 Å². The summed E-state index contributed by atoms with van der Waals surface area (Å²) in [6, 6.07) is 0. The standard InChI is InChI=1S/C24H46O4/c1-3-4-5-6-7-8-9-10-11-12-13-14-15-16-17-18-19-20-27-22-24(21-25)28-23(2)26/h11-12,24-25H,3-10,13-22H2,1-2H3/b12-11-. The number of esters is 1. The highest BCUT2D eigenvalue weighted by Crippen LogP contribution is 2.10. The quantitative estimate of drug-likeness (QED) is 0.139. The third-order valence-electron chi connectivity index (χ3n) is 4.89. The molecule has 0 heterocycles. The van der Waals surface area contributed by atoms with Crippen molar-refractivity contribution in [2.45, 2.75) is 116 Å². The van der Waals surface area contributed by atoms with Crippen LogP contribution in [0.15, 0.2) is 12.2 Å². The topological polar surface area (TPSA) is 55.8 Å². The zero-order valence-electron chi connectivity index (χ0n) is 18.6. The number of aliphatic hydroxyl groups excluding tert-OH is 1. The molecule has 4 nitrogen and oxygen atoms in total. The lowest BCUT2D eigenvalue weighted by molar-refractivity contribution is -0.152. The van der Waals surface area contributed by atoms with Gasteiger partial charge in [-0.15, -0.1) is 0 Å². The van der Waals surface area contributed by atoms with Crippen molar-refractivity contribution in [1.82, 2.24) is 0 Å². The summed E-state index contributed by atoms with van der Waals surface area (Å²) < 4.78 is 10.4. The van der Waals surface area contributed by atoms with Crippen molar-refractivity contribution in [3.8, 4) is 0 Å². The van der Waals surface area contributed by atoms with Crippen molar-refractivity contribution in [3.63, 3.8) is 0 Å². The minimum Gasteiger partial charge on any atom is -0.458 e. The molecule has 0 aromatic carbocycles. The maximum absolute atomic E-state index is 10.8. The Bertz CT molecular complexity index is 355. The van der Waals surface area contributed by atoms with Crippen molar-refractivity contribution in [2.75, 3.05) is 19.8 Å². The molecular formula is C24H46O4. The van der Waals surface area contributed by atoms with Gasteiger partial charge in [-0.2, -0.15) is 0 Å². The average Bonchev–Trinajstić information content (AvgIpc) is 2.68. The molecule has 0 bridgehead atoms. The maximum Gasteiger partial charge on any atom is 0.303 e. The average molecular weight is 399 g/mol. The van der Waals surface area contributed by atoms with Gasteiger partial charge >= 0.3 is 5.97 Å². The molecule has 0 aliphatic heterocycles. The van der Waals surface area contributed by atoms with Gasteiger partial charge in [0.25, 0.3) is 0 Å². The summed E-state index contributed by atoms with van der Waals surface area (Å²) in [5.74, 6) is -0.379. The highest BCUT2D eigenvalue weighted by molar-refractivity contribution is 5.66. The third kappa shape index (κ3) is 21.4. The Morgan fingerprint density at radius 3 is 1.82 bits per heavy atom. The predicted molar refractivity (Wildman–Crippen MR) is 118 cm³/mol. The first-order valence-corrected chi connectivity index (χ1v) is 11.7. The van der Waals surface area contributed by atoms with E-state index in [9.17, 15) is 4.79 Å². The van der Waals surface area contributed by atoms with E-state index in [1.165, 1.54) is 96.8 Å². The molecule has 1 atom stereocenters. The normalized spacial score (nSPS) is 12.5. The van der Waals surface area contributed by atoms with Gasteiger partial charge in [0.1, 0.15) is 6.10 Å². The second kappa shape index (κ2) is 22.4. The fourth-order valence-corrected chi connectivity index (χ4v) is 3.20. The fourth-order valence-electron chi connectivity index (χ4n) is 3.20. The van der Waals surface area contributed by atoms with E-state index in [4.69, 9.17) is 14.6 Å². The molecule has 0 saturated heterocycles. The molecule has 0 saturated carbocycles. The minimum absolute atomic E-state index is 0.187. The smallest absolute Gasteiger partial charge is 0.303 e. The van der Waals surface area contributed by atoms with Crippen LogP contribution in [0.3, 0.4) is 0 Å². The number of unbranched alkanes of at least 4 members (excludes halogenated alkanes) is 13. The number of carbonyl (C=O) groups is 1. The third-order valence-corrected chi connectivity index (χ3v) is 4.89. The van der Waals surface area contributed by atoms with Crippen LogP contribution in [0.5, 0.6) is 0 Å². The second-order valence-electron chi connectivity index (χ2n) is 7.78. The van der Waals surface area contributed by atoms with Crippen LogP contribution in [0, 0.1) is 0 Å². The predicted octanol–water partition coefficient (Wildman–Crippen LogP) is 6.35. The molecule has 0 aliphatic rings. The van der Waals surface area contributed by atoms with E-state index in [1.54, 1.807) is 0 Å². The van der Waals surface area contributed by atoms with Gasteiger partial charge < -0.3 is 14.6 Å². The largest absolute Gasteiger partial charge is 0.458 e. The number of rotatable bonds is 21. The van der Waals surface area contributed by atoms with Gasteiger partial charge in [0.2, 0.25) is 0 Å². The molecule has 1 N–H and O–H groups in total. The highest BCUT2D eigenvalue weighted by Gasteiger charge is 2.10. The van der Waals surface area contributed by atoms with Crippen LogP contribution in [0.1, 0.15) is 110 Å². The summed E-state index contributed by atoms with van der Waals surface area (Å²) in [6.45, 7) is 4.37. The summed E-state index contributed by atoms with van der Waals surface area (Å²) in [5.41, 5.74) is 0. The lowest BCUT2D eigenvalue weighted by Gasteiger charge is -2.14. The monoisotopic (exact) mass is 398 g/mol. The van der Waals surface area contributed by atoms with Crippen molar-refractivity contribution in [2.24, 2.45) is 0 Å². The number of carbonyl (C=O) groups excluding carboxylic acids is 1. The van der Waals surface area contributed by atoms with Crippen molar-refractivity contribution in [1.29, 1.82) is 0 Å². The molecule has 0 rings (SSSR count). The number of allylic oxidation sites excluding steroid dienone is 2. The Morgan fingerprint density at radius 2 is 1.32 bits per heavy atom. The lowest BCUT2D eigenvalue weighted by Crippen LogP contribution is -2.26. The van der Waals surface area contributed by atoms with Crippen LogP contribution < -0.4 is 0 Å². The summed E-state index contributed by atoms with van der Waals surface area (Å²) in [5, 5.41) is 9.06. The molecule has 1 unspecified atom stereocenters. The second-order valence-corrected chi connectivity index (χ2v) is 7.78. The zero-order valence-corrected chi connectivity index (χ0v) is 18.6. The van der Waals surface area contributed by atoms with E-state index >= 15 is 0 Å². The van der Waals surface area contributed by atoms with Gasteiger partial charge in [0.15, 0.2) is 0 Å². The van der Waals surface area contributed by atoms with Gasteiger partial charge in [-0.3, -0.25) is 4.79 Å². The summed E-state index contributed by atoms with van der Waals surface area (Å²) in [7, 11) is 0. The highest BCUT2D eigenvalue weighted by atomic mass is 16.6. The minimum atomic E-state index is -0.531. The molecule has 0 aromatic heterocycles. The van der Waals surface area contributed by atoms with E-state index in [0.717, 1.165) is 6.42 Å². The zero-order chi connectivity index (χ0) is 20.7. The molecule has 0 aliphatic carbocycles. The molecule has 4 heteroatoms. The summed E-state index contributed by atoms with van der Waals surface area (Å²) in [4.78, 5) is 10.8. The van der Waals surface area contributed by atoms with Crippen molar-refractivity contribution >= 4 is 5.97 Å². The number of hydrogen-bond donors (Lipinski definition) is 1. The molecule has 0 aromatic rings. The van der Waals surface area contributed by atoms with Crippen molar-refractivity contribution < 1.29 is 19.4 Å². The van der Waals surface area contributed by atoms with Gasteiger partial charge in [-0.05, 0) is 32.1 Å². The Morgan fingerprint density at radius 1 is 0.821 bits per heavy atom. The van der Waals surface area contributed by atoms with E-state index in [0.29, 0.717) is 6.61 Å². The maximum atomic E-state index is 10.8. The summed E-state index contributed by atoms with van der Waals surface area (Å²) >= 11 is 0. The first-order chi connectivity index (χ1) is 13.7. The van der Waals surface area contributed by atoms with E-state index < -0.39 is 6.10 Å². The molecule has 0 spiro atoms. The number of hydrogen-bond acceptors (Lipinski definition) is 4. The fraction of sp³-hybridized carbons (Fsp3) is 0.875. The molecule has 28 heavy (non-hydrogen) atoms. The first kappa shape index (κ1) is 27.1. The van der Waals surface area contributed by atoms with E-state index in [-0.39, 0.29) is 19.2 Å². The molecule has 0 amide bonds. The van der Waals surface area contributed by atoms with Gasteiger partial charge in [0, 0.05) is 13.5 Å². The molecular weight excluding hydrogens is 352 g/mol. The van der Waals surface area contributed by atoms with Crippen LogP contribution in [-0.2, 0) is 14.3 Å². The lowest BCUT2D eigenvalue weighted by atomic mass is 10.1. The van der Waals surface area contributed by atoms with Gasteiger partial charge in [-0.25, -0.2) is 0 Å².